The molecule has 0 aliphatic heterocycles. The van der Waals surface area contributed by atoms with Crippen LogP contribution in [-0.2, 0) is 17.5 Å². The number of carbonyl (C=O) groups excluding carboxylic acids is 1. The van der Waals surface area contributed by atoms with Gasteiger partial charge in [-0.2, -0.15) is 18.3 Å². The first-order valence-electron chi connectivity index (χ1n) is 3.18. The molecular formula is C6H4ClF3N2O. The summed E-state index contributed by atoms with van der Waals surface area (Å²) in [7, 11) is 0. The van der Waals surface area contributed by atoms with Crippen molar-refractivity contribution in [3.8, 4) is 0 Å². The Kier molecular flexibility index (Phi) is 2.60. The van der Waals surface area contributed by atoms with Crippen LogP contribution < -0.4 is 0 Å². The van der Waals surface area contributed by atoms with Gasteiger partial charge in [0.1, 0.15) is 6.54 Å². The van der Waals surface area contributed by atoms with E-state index in [1.165, 1.54) is 0 Å². The zero-order valence-corrected chi connectivity index (χ0v) is 6.93. The van der Waals surface area contributed by atoms with Crippen LogP contribution in [0.15, 0.2) is 12.3 Å². The summed E-state index contributed by atoms with van der Waals surface area (Å²) in [5.41, 5.74) is -1.04. The highest BCUT2D eigenvalue weighted by Gasteiger charge is 2.33. The van der Waals surface area contributed by atoms with Crippen molar-refractivity contribution in [1.82, 2.24) is 9.78 Å². The molecule has 0 spiro atoms. The Morgan fingerprint density at radius 3 is 2.62 bits per heavy atom. The summed E-state index contributed by atoms with van der Waals surface area (Å²) < 4.78 is 36.7. The molecule has 0 aromatic carbocycles. The van der Waals surface area contributed by atoms with Crippen molar-refractivity contribution in [2.75, 3.05) is 0 Å². The molecule has 0 amide bonds. The number of rotatable bonds is 2. The maximum atomic E-state index is 11.9. The zero-order valence-electron chi connectivity index (χ0n) is 6.18. The van der Waals surface area contributed by atoms with Crippen LogP contribution in [0, 0.1) is 0 Å². The van der Waals surface area contributed by atoms with E-state index in [0.29, 0.717) is 0 Å². The molecule has 0 aliphatic rings. The first-order chi connectivity index (χ1) is 5.89. The van der Waals surface area contributed by atoms with Crippen LogP contribution in [-0.4, -0.2) is 15.0 Å². The van der Waals surface area contributed by atoms with E-state index in [-0.39, 0.29) is 6.54 Å². The molecule has 0 saturated carbocycles. The first-order valence-corrected chi connectivity index (χ1v) is 3.56. The van der Waals surface area contributed by atoms with Crippen molar-refractivity contribution in [3.63, 3.8) is 0 Å². The van der Waals surface area contributed by atoms with Crippen molar-refractivity contribution in [2.24, 2.45) is 0 Å². The van der Waals surface area contributed by atoms with Gasteiger partial charge in [0.2, 0.25) is 5.24 Å². The molecule has 1 aromatic rings. The molecular weight excluding hydrogens is 209 g/mol. The molecule has 0 saturated heterocycles. The van der Waals surface area contributed by atoms with Crippen molar-refractivity contribution < 1.29 is 18.0 Å². The minimum atomic E-state index is -4.49. The quantitative estimate of drug-likeness (QED) is 0.699. The lowest BCUT2D eigenvalue weighted by Gasteiger charge is -2.00. The fraction of sp³-hybridized carbons (Fsp3) is 0.333. The molecule has 0 bridgehead atoms. The molecule has 0 radical (unpaired) electrons. The summed E-state index contributed by atoms with van der Waals surface area (Å²) in [5, 5.41) is 2.34. The van der Waals surface area contributed by atoms with Gasteiger partial charge in [-0.25, -0.2) is 0 Å². The number of hydrogen-bond acceptors (Lipinski definition) is 2. The van der Waals surface area contributed by atoms with Gasteiger partial charge in [0.15, 0.2) is 5.69 Å². The summed E-state index contributed by atoms with van der Waals surface area (Å²) in [6.45, 7) is -0.363. The highest BCUT2D eigenvalue weighted by molar-refractivity contribution is 6.63. The molecule has 0 atom stereocenters. The Labute approximate surface area is 76.1 Å². The lowest BCUT2D eigenvalue weighted by atomic mass is 10.4. The third kappa shape index (κ3) is 2.73. The minimum Gasteiger partial charge on any atom is -0.279 e. The smallest absolute Gasteiger partial charge is 0.279 e. The fourth-order valence-corrected chi connectivity index (χ4v) is 0.851. The van der Waals surface area contributed by atoms with E-state index >= 15 is 0 Å². The van der Waals surface area contributed by atoms with Gasteiger partial charge in [0, 0.05) is 6.20 Å². The maximum Gasteiger partial charge on any atom is 0.435 e. The lowest BCUT2D eigenvalue weighted by molar-refractivity contribution is -0.141. The first kappa shape index (κ1) is 10.0. The standard InChI is InChI=1S/C6H4ClF3N2O/c7-5(13)3-12-2-1-4(11-12)6(8,9)10/h1-2H,3H2. The highest BCUT2D eigenvalue weighted by atomic mass is 35.5. The molecule has 0 N–H and O–H groups in total. The topological polar surface area (TPSA) is 34.9 Å². The number of aromatic nitrogens is 2. The zero-order chi connectivity index (χ0) is 10.1. The van der Waals surface area contributed by atoms with Crippen LogP contribution in [0.4, 0.5) is 13.2 Å². The normalized spacial score (nSPS) is 11.7. The largest absolute Gasteiger partial charge is 0.435 e. The molecule has 13 heavy (non-hydrogen) atoms. The average molecular weight is 213 g/mol. The van der Waals surface area contributed by atoms with Crippen LogP contribution in [0.1, 0.15) is 5.69 Å². The van der Waals surface area contributed by atoms with E-state index in [9.17, 15) is 18.0 Å². The Morgan fingerprint density at radius 1 is 1.62 bits per heavy atom. The van der Waals surface area contributed by atoms with Crippen molar-refractivity contribution in [3.05, 3.63) is 18.0 Å². The van der Waals surface area contributed by atoms with Crippen molar-refractivity contribution in [1.29, 1.82) is 0 Å². The number of hydrogen-bond donors (Lipinski definition) is 0. The molecule has 1 aromatic heterocycles. The van der Waals surface area contributed by atoms with Gasteiger partial charge in [0.05, 0.1) is 0 Å². The highest BCUT2D eigenvalue weighted by Crippen LogP contribution is 2.27. The molecule has 1 heterocycles. The Morgan fingerprint density at radius 2 is 2.23 bits per heavy atom. The number of alkyl halides is 3. The molecule has 0 aliphatic carbocycles. The average Bonchev–Trinajstić information content (AvgIpc) is 2.32. The van der Waals surface area contributed by atoms with Gasteiger partial charge in [-0.15, -0.1) is 0 Å². The number of halogens is 4. The van der Waals surface area contributed by atoms with Gasteiger partial charge in [-0.3, -0.25) is 9.48 Å². The Balaban J connectivity index is 2.81. The Bertz CT molecular complexity index is 320. The monoisotopic (exact) mass is 212 g/mol. The molecule has 7 heteroatoms. The summed E-state index contributed by atoms with van der Waals surface area (Å²) in [6.07, 6.45) is -3.44. The van der Waals surface area contributed by atoms with Gasteiger partial charge < -0.3 is 0 Å². The molecule has 0 unspecified atom stereocenters. The third-order valence-corrected chi connectivity index (χ3v) is 1.34. The van der Waals surface area contributed by atoms with Gasteiger partial charge in [-0.05, 0) is 17.7 Å². The molecule has 0 fully saturated rings. The van der Waals surface area contributed by atoms with Crippen LogP contribution >= 0.6 is 11.6 Å². The predicted molar refractivity (Wildman–Crippen MR) is 38.1 cm³/mol. The minimum absolute atomic E-state index is 0.363. The van der Waals surface area contributed by atoms with E-state index in [1.807, 2.05) is 0 Å². The van der Waals surface area contributed by atoms with Crippen LogP contribution in [0.25, 0.3) is 0 Å². The predicted octanol–water partition coefficient (Wildman–Crippen LogP) is 1.67. The number of nitrogens with zero attached hydrogens (tertiary/aromatic N) is 2. The lowest BCUT2D eigenvalue weighted by Crippen LogP contribution is -2.10. The van der Waals surface area contributed by atoms with E-state index in [1.54, 1.807) is 0 Å². The SMILES string of the molecule is O=C(Cl)Cn1ccc(C(F)(F)F)n1. The second kappa shape index (κ2) is 3.37. The fourth-order valence-electron chi connectivity index (χ4n) is 0.728. The Hall–Kier alpha value is -1.04. The van der Waals surface area contributed by atoms with E-state index in [4.69, 9.17) is 11.6 Å². The molecule has 1 rings (SSSR count). The molecule has 72 valence electrons. The second-order valence-electron chi connectivity index (χ2n) is 2.25. The third-order valence-electron chi connectivity index (χ3n) is 1.22. The van der Waals surface area contributed by atoms with Crippen LogP contribution in [0.2, 0.25) is 0 Å². The maximum absolute atomic E-state index is 11.9. The second-order valence-corrected chi connectivity index (χ2v) is 2.67. The van der Waals surface area contributed by atoms with Crippen LogP contribution in [0.3, 0.4) is 0 Å². The van der Waals surface area contributed by atoms with Gasteiger partial charge >= 0.3 is 6.18 Å². The summed E-state index contributed by atoms with van der Waals surface area (Å²) in [6, 6.07) is 0.778. The summed E-state index contributed by atoms with van der Waals surface area (Å²) in [4.78, 5) is 10.3. The van der Waals surface area contributed by atoms with Gasteiger partial charge in [0.25, 0.3) is 0 Å². The number of carbonyl (C=O) groups is 1. The van der Waals surface area contributed by atoms with E-state index < -0.39 is 17.1 Å². The van der Waals surface area contributed by atoms with Crippen molar-refractivity contribution >= 4 is 16.8 Å². The summed E-state index contributed by atoms with van der Waals surface area (Å²) in [5.74, 6) is 0. The van der Waals surface area contributed by atoms with E-state index in [0.717, 1.165) is 16.9 Å². The molecule has 3 nitrogen and oxygen atoms in total. The van der Waals surface area contributed by atoms with E-state index in [2.05, 4.69) is 5.10 Å². The van der Waals surface area contributed by atoms with Gasteiger partial charge in [-0.1, -0.05) is 0 Å². The van der Waals surface area contributed by atoms with Crippen molar-refractivity contribution in [2.45, 2.75) is 12.7 Å². The summed E-state index contributed by atoms with van der Waals surface area (Å²) >= 11 is 4.95. The van der Waals surface area contributed by atoms with Crippen LogP contribution in [0.5, 0.6) is 0 Å².